The normalized spacial score (nSPS) is 15.8. The number of rotatable bonds is 9. The smallest absolute Gasteiger partial charge is 0.191 e. The Kier molecular flexibility index (Phi) is 12.0. The number of hydrogen-bond donors (Lipinski definition) is 2. The van der Waals surface area contributed by atoms with E-state index in [4.69, 9.17) is 9.47 Å². The number of aryl methyl sites for hydroxylation is 1. The van der Waals surface area contributed by atoms with Crippen molar-refractivity contribution in [3.05, 3.63) is 35.4 Å². The van der Waals surface area contributed by atoms with Crippen molar-refractivity contribution in [3.8, 4) is 0 Å². The lowest BCUT2D eigenvalue weighted by Crippen LogP contribution is -2.43. The van der Waals surface area contributed by atoms with E-state index >= 15 is 0 Å². The maximum Gasteiger partial charge on any atom is 0.191 e. The molecule has 1 saturated heterocycles. The SMILES string of the molecule is CCc1ccc(C(C)(C)CNC(=NC)NCCCOC2CCOCC2)cc1.I. The van der Waals surface area contributed by atoms with Gasteiger partial charge in [-0.05, 0) is 36.8 Å². The van der Waals surface area contributed by atoms with Gasteiger partial charge in [-0.15, -0.1) is 24.0 Å². The molecule has 1 fully saturated rings. The van der Waals surface area contributed by atoms with Gasteiger partial charge in [0.15, 0.2) is 5.96 Å². The number of guanidine groups is 1. The van der Waals surface area contributed by atoms with Gasteiger partial charge >= 0.3 is 0 Å². The van der Waals surface area contributed by atoms with Gasteiger partial charge in [0.25, 0.3) is 0 Å². The van der Waals surface area contributed by atoms with Crippen LogP contribution in [0.2, 0.25) is 0 Å². The molecule has 0 aromatic heterocycles. The molecule has 0 atom stereocenters. The Hall–Kier alpha value is -0.860. The zero-order valence-corrected chi connectivity index (χ0v) is 20.3. The van der Waals surface area contributed by atoms with Gasteiger partial charge in [0.05, 0.1) is 6.10 Å². The molecule has 2 N–H and O–H groups in total. The molecule has 0 bridgehead atoms. The standard InChI is InChI=1S/C22H37N3O2.HI/c1-5-18-7-9-19(10-8-18)22(2,3)17-25-21(23-4)24-13-6-14-27-20-11-15-26-16-12-20;/h7-10,20H,5-6,11-17H2,1-4H3,(H2,23,24,25);1H. The largest absolute Gasteiger partial charge is 0.381 e. The van der Waals surface area contributed by atoms with Crippen molar-refractivity contribution in [2.75, 3.05) is 40.0 Å². The maximum absolute atomic E-state index is 5.91. The molecule has 2 rings (SSSR count). The summed E-state index contributed by atoms with van der Waals surface area (Å²) in [5, 5.41) is 6.84. The third kappa shape index (κ3) is 8.66. The van der Waals surface area contributed by atoms with Crippen molar-refractivity contribution in [3.63, 3.8) is 0 Å². The number of halogens is 1. The summed E-state index contributed by atoms with van der Waals surface area (Å²) >= 11 is 0. The van der Waals surface area contributed by atoms with Crippen LogP contribution in [0.5, 0.6) is 0 Å². The first kappa shape index (κ1) is 25.2. The first-order valence-corrected chi connectivity index (χ1v) is 10.3. The Balaban J connectivity index is 0.00000392. The molecular formula is C22H38IN3O2. The average Bonchev–Trinajstić information content (AvgIpc) is 2.71. The third-order valence-electron chi connectivity index (χ3n) is 5.20. The Bertz CT molecular complexity index is 570. The summed E-state index contributed by atoms with van der Waals surface area (Å²) in [6, 6.07) is 8.93. The summed E-state index contributed by atoms with van der Waals surface area (Å²) in [5.41, 5.74) is 2.76. The predicted octanol–water partition coefficient (Wildman–Crippen LogP) is 3.90. The number of nitrogens with one attached hydrogen (secondary N) is 2. The lowest BCUT2D eigenvalue weighted by atomic mass is 9.84. The van der Waals surface area contributed by atoms with Gasteiger partial charge in [-0.25, -0.2) is 0 Å². The molecule has 1 aliphatic heterocycles. The fourth-order valence-corrected chi connectivity index (χ4v) is 3.19. The van der Waals surface area contributed by atoms with Crippen LogP contribution in [-0.4, -0.2) is 52.0 Å². The van der Waals surface area contributed by atoms with Crippen molar-refractivity contribution in [2.45, 2.75) is 58.0 Å². The van der Waals surface area contributed by atoms with Crippen LogP contribution >= 0.6 is 24.0 Å². The molecule has 0 spiro atoms. The zero-order valence-electron chi connectivity index (χ0n) is 17.9. The lowest BCUT2D eigenvalue weighted by Gasteiger charge is -2.27. The van der Waals surface area contributed by atoms with Crippen molar-refractivity contribution >= 4 is 29.9 Å². The van der Waals surface area contributed by atoms with E-state index in [1.165, 1.54) is 11.1 Å². The highest BCUT2D eigenvalue weighted by molar-refractivity contribution is 14.0. The highest BCUT2D eigenvalue weighted by Gasteiger charge is 2.21. The van der Waals surface area contributed by atoms with E-state index in [1.54, 1.807) is 0 Å². The fourth-order valence-electron chi connectivity index (χ4n) is 3.19. The predicted molar refractivity (Wildman–Crippen MR) is 128 cm³/mol. The summed E-state index contributed by atoms with van der Waals surface area (Å²) < 4.78 is 11.3. The second-order valence-electron chi connectivity index (χ2n) is 7.82. The Morgan fingerprint density at radius 3 is 2.46 bits per heavy atom. The number of nitrogens with zero attached hydrogens (tertiary/aromatic N) is 1. The quantitative estimate of drug-likeness (QED) is 0.232. The van der Waals surface area contributed by atoms with Gasteiger partial charge in [-0.3, -0.25) is 4.99 Å². The summed E-state index contributed by atoms with van der Waals surface area (Å²) in [7, 11) is 1.82. The third-order valence-corrected chi connectivity index (χ3v) is 5.20. The molecule has 0 aliphatic carbocycles. The van der Waals surface area contributed by atoms with Gasteiger partial charge < -0.3 is 20.1 Å². The minimum absolute atomic E-state index is 0. The van der Waals surface area contributed by atoms with Gasteiger partial charge in [0.2, 0.25) is 0 Å². The van der Waals surface area contributed by atoms with Gasteiger partial charge in [0.1, 0.15) is 0 Å². The van der Waals surface area contributed by atoms with E-state index in [1.807, 2.05) is 7.05 Å². The minimum Gasteiger partial charge on any atom is -0.381 e. The number of benzene rings is 1. The van der Waals surface area contributed by atoms with E-state index in [9.17, 15) is 0 Å². The summed E-state index contributed by atoms with van der Waals surface area (Å²) in [6.07, 6.45) is 4.46. The van der Waals surface area contributed by atoms with E-state index in [0.717, 1.165) is 64.6 Å². The van der Waals surface area contributed by atoms with Gasteiger partial charge in [-0.2, -0.15) is 0 Å². The average molecular weight is 503 g/mol. The second-order valence-corrected chi connectivity index (χ2v) is 7.82. The molecule has 1 aliphatic rings. The Labute approximate surface area is 188 Å². The first-order valence-electron chi connectivity index (χ1n) is 10.3. The zero-order chi connectivity index (χ0) is 19.5. The van der Waals surface area contributed by atoms with E-state index < -0.39 is 0 Å². The summed E-state index contributed by atoms with van der Waals surface area (Å²) in [6.45, 7) is 10.8. The lowest BCUT2D eigenvalue weighted by molar-refractivity contribution is -0.0320. The first-order chi connectivity index (χ1) is 13.0. The minimum atomic E-state index is 0. The molecule has 1 heterocycles. The molecule has 1 aromatic rings. The highest BCUT2D eigenvalue weighted by Crippen LogP contribution is 2.22. The monoisotopic (exact) mass is 503 g/mol. The molecule has 5 nitrogen and oxygen atoms in total. The van der Waals surface area contributed by atoms with Crippen LogP contribution in [-0.2, 0) is 21.3 Å². The van der Waals surface area contributed by atoms with Crippen molar-refractivity contribution in [1.82, 2.24) is 10.6 Å². The van der Waals surface area contributed by atoms with E-state index in [0.29, 0.717) is 6.10 Å². The van der Waals surface area contributed by atoms with Crippen LogP contribution in [0.3, 0.4) is 0 Å². The molecule has 1 aromatic carbocycles. The van der Waals surface area contributed by atoms with Crippen LogP contribution in [0.4, 0.5) is 0 Å². The topological polar surface area (TPSA) is 54.9 Å². The molecular weight excluding hydrogens is 465 g/mol. The van der Waals surface area contributed by atoms with Crippen LogP contribution < -0.4 is 10.6 Å². The molecule has 0 amide bonds. The number of aliphatic imine (C=N–C) groups is 1. The van der Waals surface area contributed by atoms with Crippen LogP contribution in [0.1, 0.15) is 51.2 Å². The summed E-state index contributed by atoms with van der Waals surface area (Å²) in [4.78, 5) is 4.34. The second kappa shape index (κ2) is 13.4. The van der Waals surface area contributed by atoms with Crippen molar-refractivity contribution < 1.29 is 9.47 Å². The van der Waals surface area contributed by atoms with E-state index in [2.05, 4.69) is 60.7 Å². The molecule has 28 heavy (non-hydrogen) atoms. The Morgan fingerprint density at radius 2 is 1.86 bits per heavy atom. The van der Waals surface area contributed by atoms with Gasteiger partial charge in [-0.1, -0.05) is 45.0 Å². The molecule has 0 radical (unpaired) electrons. The molecule has 6 heteroatoms. The number of hydrogen-bond acceptors (Lipinski definition) is 3. The summed E-state index contributed by atoms with van der Waals surface area (Å²) in [5.74, 6) is 0.847. The highest BCUT2D eigenvalue weighted by atomic mass is 127. The Morgan fingerprint density at radius 1 is 1.18 bits per heavy atom. The van der Waals surface area contributed by atoms with Crippen LogP contribution in [0.25, 0.3) is 0 Å². The molecule has 160 valence electrons. The van der Waals surface area contributed by atoms with Crippen LogP contribution in [0, 0.1) is 0 Å². The fraction of sp³-hybridized carbons (Fsp3) is 0.682. The van der Waals surface area contributed by atoms with Crippen molar-refractivity contribution in [2.24, 2.45) is 4.99 Å². The number of ether oxygens (including phenoxy) is 2. The van der Waals surface area contributed by atoms with Crippen molar-refractivity contribution in [1.29, 1.82) is 0 Å². The van der Waals surface area contributed by atoms with Gasteiger partial charge in [0, 0.05) is 45.4 Å². The maximum atomic E-state index is 5.91. The molecule has 0 saturated carbocycles. The van der Waals surface area contributed by atoms with E-state index in [-0.39, 0.29) is 29.4 Å². The van der Waals surface area contributed by atoms with Crippen LogP contribution in [0.15, 0.2) is 29.3 Å². The molecule has 0 unspecified atom stereocenters.